The molecule has 0 radical (unpaired) electrons. The molecule has 0 aliphatic heterocycles. The highest BCUT2D eigenvalue weighted by Crippen LogP contribution is 2.23. The third-order valence-corrected chi connectivity index (χ3v) is 2.75. The highest BCUT2D eigenvalue weighted by atomic mass is 79.9. The van der Waals surface area contributed by atoms with Crippen molar-refractivity contribution < 1.29 is 9.53 Å². The molecule has 0 atom stereocenters. The number of rotatable bonds is 3. The topological polar surface area (TPSA) is 70.1 Å². The number of benzene rings is 1. The highest BCUT2D eigenvalue weighted by Gasteiger charge is 2.16. The van der Waals surface area contributed by atoms with E-state index >= 15 is 0 Å². The zero-order valence-electron chi connectivity index (χ0n) is 9.76. The fourth-order valence-corrected chi connectivity index (χ4v) is 1.90. The molecule has 0 bridgehead atoms. The fourth-order valence-electron chi connectivity index (χ4n) is 1.61. The van der Waals surface area contributed by atoms with Crippen molar-refractivity contribution in [2.45, 2.75) is 6.92 Å². The van der Waals surface area contributed by atoms with E-state index in [9.17, 15) is 4.79 Å². The summed E-state index contributed by atoms with van der Waals surface area (Å²) in [5.41, 5.74) is 7.31. The molecule has 0 unspecified atom stereocenters. The van der Waals surface area contributed by atoms with E-state index in [1.165, 1.54) is 0 Å². The van der Waals surface area contributed by atoms with Gasteiger partial charge in [-0.05, 0) is 35.0 Å². The van der Waals surface area contributed by atoms with E-state index in [1.807, 2.05) is 0 Å². The zero-order chi connectivity index (χ0) is 13.1. The van der Waals surface area contributed by atoms with Gasteiger partial charge >= 0.3 is 5.97 Å². The van der Waals surface area contributed by atoms with Gasteiger partial charge < -0.3 is 10.5 Å². The first kappa shape index (κ1) is 12.6. The second kappa shape index (κ2) is 5.22. The summed E-state index contributed by atoms with van der Waals surface area (Å²) < 4.78 is 7.36. The molecular weight excluding hydrogens is 298 g/mol. The Balaban J connectivity index is 2.54. The number of nitrogens with two attached hydrogens (primary N) is 1. The molecule has 18 heavy (non-hydrogen) atoms. The van der Waals surface area contributed by atoms with Crippen molar-refractivity contribution in [2.75, 3.05) is 12.3 Å². The summed E-state index contributed by atoms with van der Waals surface area (Å²) in [6.45, 7) is 2.07. The SMILES string of the molecule is CCOC(=O)c1cccc(N)c1-n1cc(Br)cn1. The quantitative estimate of drug-likeness (QED) is 0.698. The third kappa shape index (κ3) is 2.38. The second-order valence-electron chi connectivity index (χ2n) is 3.57. The summed E-state index contributed by atoms with van der Waals surface area (Å²) in [6, 6.07) is 5.09. The van der Waals surface area contributed by atoms with Gasteiger partial charge in [0, 0.05) is 6.20 Å². The molecule has 1 aromatic heterocycles. The van der Waals surface area contributed by atoms with Crippen LogP contribution in [-0.4, -0.2) is 22.4 Å². The maximum atomic E-state index is 11.9. The van der Waals surface area contributed by atoms with Crippen LogP contribution in [0.2, 0.25) is 0 Å². The number of nitrogen functional groups attached to an aromatic ring is 1. The number of hydrogen-bond donors (Lipinski definition) is 1. The van der Waals surface area contributed by atoms with Crippen LogP contribution in [0.25, 0.3) is 5.69 Å². The molecular formula is C12H12BrN3O2. The average molecular weight is 310 g/mol. The smallest absolute Gasteiger partial charge is 0.340 e. The van der Waals surface area contributed by atoms with Gasteiger partial charge in [-0.3, -0.25) is 0 Å². The number of anilines is 1. The van der Waals surface area contributed by atoms with Crippen LogP contribution in [0.15, 0.2) is 35.1 Å². The van der Waals surface area contributed by atoms with Crippen LogP contribution in [0.3, 0.4) is 0 Å². The van der Waals surface area contributed by atoms with Crippen molar-refractivity contribution in [1.82, 2.24) is 9.78 Å². The molecule has 0 spiro atoms. The van der Waals surface area contributed by atoms with Gasteiger partial charge in [0.1, 0.15) is 5.69 Å². The van der Waals surface area contributed by atoms with Crippen LogP contribution >= 0.6 is 15.9 Å². The van der Waals surface area contributed by atoms with E-state index in [0.29, 0.717) is 23.5 Å². The molecule has 1 aromatic carbocycles. The van der Waals surface area contributed by atoms with Crippen LogP contribution in [0.5, 0.6) is 0 Å². The molecule has 0 saturated heterocycles. The molecule has 0 amide bonds. The predicted octanol–water partition coefficient (Wildman–Crippen LogP) is 2.39. The summed E-state index contributed by atoms with van der Waals surface area (Å²) in [5, 5.41) is 4.13. The number of aromatic nitrogens is 2. The molecule has 2 N–H and O–H groups in total. The molecule has 0 fully saturated rings. The minimum Gasteiger partial charge on any atom is -0.462 e. The Labute approximate surface area is 113 Å². The van der Waals surface area contributed by atoms with Crippen molar-refractivity contribution in [2.24, 2.45) is 0 Å². The fraction of sp³-hybridized carbons (Fsp3) is 0.167. The van der Waals surface area contributed by atoms with Crippen LogP contribution in [0.1, 0.15) is 17.3 Å². The minimum atomic E-state index is -0.411. The van der Waals surface area contributed by atoms with Crippen molar-refractivity contribution in [3.05, 3.63) is 40.6 Å². The summed E-state index contributed by atoms with van der Waals surface area (Å²) in [5.74, 6) is -0.411. The number of nitrogens with zero attached hydrogens (tertiary/aromatic N) is 2. The normalized spacial score (nSPS) is 10.3. The molecule has 5 nitrogen and oxygen atoms in total. The monoisotopic (exact) mass is 309 g/mol. The third-order valence-electron chi connectivity index (χ3n) is 2.34. The molecule has 6 heteroatoms. The number of ether oxygens (including phenoxy) is 1. The largest absolute Gasteiger partial charge is 0.462 e. The van der Waals surface area contributed by atoms with E-state index in [0.717, 1.165) is 4.47 Å². The Bertz CT molecular complexity index is 580. The van der Waals surface area contributed by atoms with Gasteiger partial charge in [-0.25, -0.2) is 9.48 Å². The lowest BCUT2D eigenvalue weighted by Gasteiger charge is -2.11. The van der Waals surface area contributed by atoms with Crippen molar-refractivity contribution in [3.8, 4) is 5.69 Å². The van der Waals surface area contributed by atoms with Gasteiger partial charge in [0.2, 0.25) is 0 Å². The summed E-state index contributed by atoms with van der Waals surface area (Å²) in [7, 11) is 0. The lowest BCUT2D eigenvalue weighted by molar-refractivity contribution is 0.0526. The highest BCUT2D eigenvalue weighted by molar-refractivity contribution is 9.10. The van der Waals surface area contributed by atoms with Gasteiger partial charge in [0.15, 0.2) is 0 Å². The van der Waals surface area contributed by atoms with Crippen molar-refractivity contribution in [3.63, 3.8) is 0 Å². The van der Waals surface area contributed by atoms with E-state index in [4.69, 9.17) is 10.5 Å². The molecule has 0 aliphatic rings. The van der Waals surface area contributed by atoms with Crippen molar-refractivity contribution >= 4 is 27.6 Å². The molecule has 0 saturated carbocycles. The molecule has 1 heterocycles. The van der Waals surface area contributed by atoms with Crippen LogP contribution < -0.4 is 5.73 Å². The Kier molecular flexibility index (Phi) is 3.66. The number of halogens is 1. The lowest BCUT2D eigenvalue weighted by Crippen LogP contribution is -2.12. The van der Waals surface area contributed by atoms with Gasteiger partial charge in [-0.15, -0.1) is 0 Å². The number of esters is 1. The number of carbonyl (C=O) groups excluding carboxylic acids is 1. The number of carbonyl (C=O) groups is 1. The Hall–Kier alpha value is -1.82. The minimum absolute atomic E-state index is 0.315. The van der Waals surface area contributed by atoms with Gasteiger partial charge in [0.05, 0.1) is 28.5 Å². The summed E-state index contributed by atoms with van der Waals surface area (Å²) >= 11 is 3.31. The summed E-state index contributed by atoms with van der Waals surface area (Å²) in [4.78, 5) is 11.9. The average Bonchev–Trinajstić information content (AvgIpc) is 2.75. The van der Waals surface area contributed by atoms with Crippen LogP contribution in [-0.2, 0) is 4.74 Å². The van der Waals surface area contributed by atoms with E-state index in [1.54, 1.807) is 42.2 Å². The summed E-state index contributed by atoms with van der Waals surface area (Å²) in [6.07, 6.45) is 3.36. The molecule has 0 aliphatic carbocycles. The first-order valence-electron chi connectivity index (χ1n) is 5.39. The van der Waals surface area contributed by atoms with E-state index in [-0.39, 0.29) is 0 Å². The molecule has 2 aromatic rings. The van der Waals surface area contributed by atoms with Crippen LogP contribution in [0.4, 0.5) is 5.69 Å². The Morgan fingerprint density at radius 3 is 2.94 bits per heavy atom. The van der Waals surface area contributed by atoms with E-state index < -0.39 is 5.97 Å². The van der Waals surface area contributed by atoms with Gasteiger partial charge in [0.25, 0.3) is 0 Å². The number of hydrogen-bond acceptors (Lipinski definition) is 4. The Morgan fingerprint density at radius 1 is 1.56 bits per heavy atom. The maximum Gasteiger partial charge on any atom is 0.340 e. The molecule has 94 valence electrons. The van der Waals surface area contributed by atoms with Crippen molar-refractivity contribution in [1.29, 1.82) is 0 Å². The Morgan fingerprint density at radius 2 is 2.33 bits per heavy atom. The zero-order valence-corrected chi connectivity index (χ0v) is 11.3. The first-order valence-corrected chi connectivity index (χ1v) is 6.19. The maximum absolute atomic E-state index is 11.9. The van der Waals surface area contributed by atoms with E-state index in [2.05, 4.69) is 21.0 Å². The second-order valence-corrected chi connectivity index (χ2v) is 4.48. The standard InChI is InChI=1S/C12H12BrN3O2/c1-2-18-12(17)9-4-3-5-10(14)11(9)16-7-8(13)6-15-16/h3-7H,2,14H2,1H3. The van der Waals surface area contributed by atoms with Gasteiger partial charge in [-0.2, -0.15) is 5.10 Å². The van der Waals surface area contributed by atoms with Crippen LogP contribution in [0, 0.1) is 0 Å². The lowest BCUT2D eigenvalue weighted by atomic mass is 10.1. The predicted molar refractivity (Wildman–Crippen MR) is 71.6 cm³/mol. The first-order chi connectivity index (χ1) is 8.63. The molecule has 2 rings (SSSR count). The number of para-hydroxylation sites is 1. The van der Waals surface area contributed by atoms with Gasteiger partial charge in [-0.1, -0.05) is 6.07 Å².